The number of carbonyl (C=O) groups excluding carboxylic acids is 1. The number of hydrogen-bond donors (Lipinski definition) is 3. The zero-order valence-electron chi connectivity index (χ0n) is 25.1. The van der Waals surface area contributed by atoms with E-state index in [1.165, 1.54) is 25.7 Å². The van der Waals surface area contributed by atoms with Crippen molar-refractivity contribution in [2.45, 2.75) is 142 Å². The third-order valence-electron chi connectivity index (χ3n) is 12.3. The number of aliphatic hydroxyl groups is 3. The van der Waals surface area contributed by atoms with Gasteiger partial charge in [0.1, 0.15) is 0 Å². The van der Waals surface area contributed by atoms with Crippen LogP contribution in [-0.4, -0.2) is 57.5 Å². The summed E-state index contributed by atoms with van der Waals surface area (Å²) in [4.78, 5) is 14.9. The van der Waals surface area contributed by atoms with Gasteiger partial charge in [0.2, 0.25) is 5.91 Å². The van der Waals surface area contributed by atoms with Crippen molar-refractivity contribution in [1.82, 2.24) is 4.90 Å². The molecule has 10 atom stereocenters. The molecule has 4 rings (SSSR count). The molecule has 4 aliphatic carbocycles. The van der Waals surface area contributed by atoms with E-state index in [1.807, 2.05) is 4.90 Å². The maximum Gasteiger partial charge on any atom is 0.223 e. The monoisotopic (exact) mass is 543 g/mol. The highest BCUT2D eigenvalue weighted by atomic mass is 16.3. The summed E-state index contributed by atoms with van der Waals surface area (Å²) in [6, 6.07) is 0. The van der Waals surface area contributed by atoms with Gasteiger partial charge in [-0.1, -0.05) is 58.8 Å². The number of terminal acetylenes is 1. The molecule has 1 amide bonds. The topological polar surface area (TPSA) is 81.0 Å². The van der Waals surface area contributed by atoms with Gasteiger partial charge in [0.15, 0.2) is 0 Å². The number of rotatable bonds is 12. The van der Waals surface area contributed by atoms with E-state index in [4.69, 9.17) is 6.42 Å². The van der Waals surface area contributed by atoms with Crippen molar-refractivity contribution >= 4 is 5.91 Å². The van der Waals surface area contributed by atoms with Gasteiger partial charge >= 0.3 is 0 Å². The molecule has 0 aromatic carbocycles. The highest BCUT2D eigenvalue weighted by Crippen LogP contribution is 2.67. The van der Waals surface area contributed by atoms with Crippen LogP contribution in [0.5, 0.6) is 0 Å². The van der Waals surface area contributed by atoms with Gasteiger partial charge in [-0.15, -0.1) is 6.42 Å². The number of unbranched alkanes of at least 4 members (excludes halogenated alkanes) is 5. The summed E-state index contributed by atoms with van der Waals surface area (Å²) >= 11 is 0. The summed E-state index contributed by atoms with van der Waals surface area (Å²) in [5, 5.41) is 33.5. The lowest BCUT2D eigenvalue weighted by molar-refractivity contribution is -0.204. The fourth-order valence-electron chi connectivity index (χ4n) is 9.91. The maximum absolute atomic E-state index is 13.1. The number of nitrogens with zero attached hydrogens (tertiary/aromatic N) is 1. The fraction of sp³-hybridized carbons (Fsp3) is 0.912. The Bertz CT molecular complexity index is 855. The van der Waals surface area contributed by atoms with Crippen LogP contribution in [0.1, 0.15) is 124 Å². The van der Waals surface area contributed by atoms with Crippen molar-refractivity contribution in [2.24, 2.45) is 40.4 Å². The highest BCUT2D eigenvalue weighted by molar-refractivity contribution is 5.76. The molecule has 0 spiro atoms. The highest BCUT2D eigenvalue weighted by Gasteiger charge is 2.65. The van der Waals surface area contributed by atoms with Crippen LogP contribution in [0.25, 0.3) is 0 Å². The molecule has 0 radical (unpaired) electrons. The largest absolute Gasteiger partial charge is 0.393 e. The first-order valence-electron chi connectivity index (χ1n) is 16.4. The van der Waals surface area contributed by atoms with E-state index < -0.39 is 0 Å². The van der Waals surface area contributed by atoms with Crippen molar-refractivity contribution in [2.75, 3.05) is 13.1 Å². The van der Waals surface area contributed by atoms with Crippen LogP contribution in [0.3, 0.4) is 0 Å². The van der Waals surface area contributed by atoms with Crippen molar-refractivity contribution in [1.29, 1.82) is 0 Å². The van der Waals surface area contributed by atoms with Gasteiger partial charge in [-0.25, -0.2) is 0 Å². The van der Waals surface area contributed by atoms with E-state index in [9.17, 15) is 20.1 Å². The number of aliphatic hydroxyl groups excluding tert-OH is 3. The van der Waals surface area contributed by atoms with E-state index in [-0.39, 0.29) is 41.0 Å². The van der Waals surface area contributed by atoms with Crippen molar-refractivity contribution < 1.29 is 20.1 Å². The molecule has 3 N–H and O–H groups in total. The molecular weight excluding hydrogens is 486 g/mol. The van der Waals surface area contributed by atoms with Crippen LogP contribution in [0.15, 0.2) is 0 Å². The molecule has 39 heavy (non-hydrogen) atoms. The molecule has 4 aliphatic rings. The summed E-state index contributed by atoms with van der Waals surface area (Å²) in [5.41, 5.74) is -0.0913. The second kappa shape index (κ2) is 13.3. The third kappa shape index (κ3) is 6.24. The second-order valence-corrected chi connectivity index (χ2v) is 14.3. The van der Waals surface area contributed by atoms with Crippen LogP contribution in [0.2, 0.25) is 0 Å². The molecule has 5 nitrogen and oxygen atoms in total. The first-order chi connectivity index (χ1) is 18.7. The van der Waals surface area contributed by atoms with Gasteiger partial charge in [-0.05, 0) is 105 Å². The standard InChI is InChI=1S/C34H57NO4/c1-5-7-8-9-10-11-20-35(19-6-2)31(39)14-12-13-24-15-16-27-32-28(23-30(38)34(24,27)4)33(3)18-17-26(36)21-25(33)22-29(32)37/h2,24-30,32,36-38H,5,7-23H2,1,3-4H3/t24-,25?,26+,27-,28-,29+,30-,32?,33-,34+/m0/s1. The Hall–Kier alpha value is -1.09. The van der Waals surface area contributed by atoms with Crippen LogP contribution >= 0.6 is 0 Å². The van der Waals surface area contributed by atoms with Crippen LogP contribution in [0.4, 0.5) is 0 Å². The molecule has 5 heteroatoms. The van der Waals surface area contributed by atoms with Crippen molar-refractivity contribution in [3.63, 3.8) is 0 Å². The predicted octanol–water partition coefficient (Wildman–Crippen LogP) is 5.94. The maximum atomic E-state index is 13.1. The molecular formula is C34H57NO4. The minimum absolute atomic E-state index is 0.104. The zero-order valence-corrected chi connectivity index (χ0v) is 25.1. The Morgan fingerprint density at radius 1 is 0.949 bits per heavy atom. The molecule has 0 heterocycles. The van der Waals surface area contributed by atoms with Crippen LogP contribution in [-0.2, 0) is 4.79 Å². The number of hydrogen-bond acceptors (Lipinski definition) is 4. The van der Waals surface area contributed by atoms with Gasteiger partial charge in [0.05, 0.1) is 24.9 Å². The lowest BCUT2D eigenvalue weighted by Crippen LogP contribution is -2.62. The number of carbonyl (C=O) groups is 1. The minimum Gasteiger partial charge on any atom is -0.393 e. The lowest BCUT2D eigenvalue weighted by Gasteiger charge is -2.63. The summed E-state index contributed by atoms with van der Waals surface area (Å²) in [7, 11) is 0. The van der Waals surface area contributed by atoms with Gasteiger partial charge in [0, 0.05) is 13.0 Å². The summed E-state index contributed by atoms with van der Waals surface area (Å²) in [5.74, 6) is 4.48. The smallest absolute Gasteiger partial charge is 0.223 e. The average Bonchev–Trinajstić information content (AvgIpc) is 3.24. The molecule has 4 saturated carbocycles. The predicted molar refractivity (Wildman–Crippen MR) is 157 cm³/mol. The third-order valence-corrected chi connectivity index (χ3v) is 12.3. The molecule has 0 bridgehead atoms. The van der Waals surface area contributed by atoms with Gasteiger partial charge in [-0.3, -0.25) is 4.79 Å². The summed E-state index contributed by atoms with van der Waals surface area (Å²) < 4.78 is 0. The first kappa shape index (κ1) is 30.9. The van der Waals surface area contributed by atoms with Crippen LogP contribution < -0.4 is 0 Å². The SMILES string of the molecule is C#CCN(CCCCCCCC)C(=O)CCC[C@H]1CC[C@H]2C3[C@H](O)CC4C[C@H](O)CC[C@]4(C)[C@H]3C[C@H](O)[C@]12C. The number of fused-ring (bicyclic) bond motifs is 5. The molecule has 0 saturated heterocycles. The Balaban J connectivity index is 1.33. The first-order valence-corrected chi connectivity index (χ1v) is 16.4. The fourth-order valence-corrected chi connectivity index (χ4v) is 9.91. The van der Waals surface area contributed by atoms with Gasteiger partial charge < -0.3 is 20.2 Å². The quantitative estimate of drug-likeness (QED) is 0.210. The zero-order chi connectivity index (χ0) is 28.2. The Kier molecular flexibility index (Phi) is 10.5. The van der Waals surface area contributed by atoms with Gasteiger partial charge in [0.25, 0.3) is 0 Å². The summed E-state index contributed by atoms with van der Waals surface area (Å²) in [6.45, 7) is 8.05. The summed E-state index contributed by atoms with van der Waals surface area (Å²) in [6.07, 6.45) is 20.5. The van der Waals surface area contributed by atoms with E-state index >= 15 is 0 Å². The Morgan fingerprint density at radius 2 is 1.69 bits per heavy atom. The number of amides is 1. The minimum atomic E-state index is -0.368. The second-order valence-electron chi connectivity index (χ2n) is 14.3. The molecule has 0 aromatic rings. The molecule has 2 unspecified atom stereocenters. The van der Waals surface area contributed by atoms with E-state index in [1.54, 1.807) is 0 Å². The average molecular weight is 544 g/mol. The molecule has 4 fully saturated rings. The normalized spacial score (nSPS) is 41.3. The molecule has 222 valence electrons. The Labute approximate surface area is 238 Å². The van der Waals surface area contributed by atoms with Crippen LogP contribution in [0, 0.1) is 52.8 Å². The van der Waals surface area contributed by atoms with Crippen molar-refractivity contribution in [3.05, 3.63) is 0 Å². The Morgan fingerprint density at radius 3 is 2.44 bits per heavy atom. The van der Waals surface area contributed by atoms with Gasteiger partial charge in [-0.2, -0.15) is 0 Å². The van der Waals surface area contributed by atoms with Crippen molar-refractivity contribution in [3.8, 4) is 12.3 Å². The van der Waals surface area contributed by atoms with E-state index in [0.29, 0.717) is 36.6 Å². The molecule has 0 aliphatic heterocycles. The molecule has 0 aromatic heterocycles. The van der Waals surface area contributed by atoms with E-state index in [0.717, 1.165) is 77.2 Å². The van der Waals surface area contributed by atoms with E-state index in [2.05, 4.69) is 26.7 Å². The lowest BCUT2D eigenvalue weighted by atomic mass is 9.43.